The predicted octanol–water partition coefficient (Wildman–Crippen LogP) is 5.00. The summed E-state index contributed by atoms with van der Waals surface area (Å²) in [5, 5.41) is 15.0. The molecule has 4 heterocycles. The Bertz CT molecular complexity index is 1510. The van der Waals surface area contributed by atoms with E-state index in [1.165, 1.54) is 16.9 Å². The van der Waals surface area contributed by atoms with Crippen LogP contribution in [0.25, 0.3) is 17.1 Å². The first kappa shape index (κ1) is 24.2. The summed E-state index contributed by atoms with van der Waals surface area (Å²) >= 11 is 1.36. The summed E-state index contributed by atoms with van der Waals surface area (Å²) in [6.07, 6.45) is 7.08. The zero-order valence-corrected chi connectivity index (χ0v) is 21.8. The first-order valence-electron chi connectivity index (χ1n) is 12.6. The minimum Gasteiger partial charge on any atom is -0.421 e. The number of carbonyl (C=O) groups excluding carboxylic acids is 1. The van der Waals surface area contributed by atoms with Gasteiger partial charge in [-0.05, 0) is 36.6 Å². The Morgan fingerprint density at radius 3 is 2.68 bits per heavy atom. The summed E-state index contributed by atoms with van der Waals surface area (Å²) in [4.78, 5) is 22.3. The number of amides is 1. The van der Waals surface area contributed by atoms with E-state index >= 15 is 0 Å². The van der Waals surface area contributed by atoms with Gasteiger partial charge in [-0.1, -0.05) is 36.4 Å². The molecule has 0 N–H and O–H groups in total. The molecule has 1 fully saturated rings. The molecule has 10 heteroatoms. The Morgan fingerprint density at radius 2 is 1.95 bits per heavy atom. The summed E-state index contributed by atoms with van der Waals surface area (Å²) in [5.41, 5.74) is 3.71. The lowest BCUT2D eigenvalue weighted by molar-refractivity contribution is 0.0958. The van der Waals surface area contributed by atoms with Crippen LogP contribution in [-0.2, 0) is 6.54 Å². The van der Waals surface area contributed by atoms with Gasteiger partial charge in [-0.2, -0.15) is 5.10 Å². The Hall–Kier alpha value is -4.15. The highest BCUT2D eigenvalue weighted by molar-refractivity contribution is 7.11. The second-order valence-corrected chi connectivity index (χ2v) is 10.2. The van der Waals surface area contributed by atoms with Gasteiger partial charge in [-0.15, -0.1) is 21.5 Å². The highest BCUT2D eigenvalue weighted by atomic mass is 32.1. The van der Waals surface area contributed by atoms with Crippen LogP contribution in [0.1, 0.15) is 34.1 Å². The molecule has 1 aliphatic heterocycles. The normalized spacial score (nSPS) is 14.6. The fourth-order valence-electron chi connectivity index (χ4n) is 4.88. The summed E-state index contributed by atoms with van der Waals surface area (Å²) < 4.78 is 7.36. The van der Waals surface area contributed by atoms with Crippen molar-refractivity contribution in [2.24, 2.45) is 0 Å². The number of thiazole rings is 1. The molecule has 6 rings (SSSR count). The van der Waals surface area contributed by atoms with Gasteiger partial charge in [-0.25, -0.2) is 9.67 Å². The first-order valence-corrected chi connectivity index (χ1v) is 13.5. The van der Waals surface area contributed by atoms with E-state index in [0.717, 1.165) is 49.4 Å². The number of aryl methyl sites for hydroxylation is 1. The zero-order chi connectivity index (χ0) is 25.9. The van der Waals surface area contributed by atoms with Crippen molar-refractivity contribution in [3.05, 3.63) is 95.0 Å². The number of anilines is 1. The number of nitrogens with zero attached hydrogens (tertiary/aromatic N) is 7. The molecule has 2 aromatic carbocycles. The minimum absolute atomic E-state index is 0.0591. The maximum Gasteiger partial charge on any atom is 0.287 e. The van der Waals surface area contributed by atoms with Gasteiger partial charge in [0.05, 0.1) is 23.8 Å². The van der Waals surface area contributed by atoms with Crippen LogP contribution in [0.3, 0.4) is 0 Å². The summed E-state index contributed by atoms with van der Waals surface area (Å²) in [6.45, 7) is 4.52. The van der Waals surface area contributed by atoms with Gasteiger partial charge >= 0.3 is 0 Å². The van der Waals surface area contributed by atoms with Crippen molar-refractivity contribution >= 4 is 22.9 Å². The van der Waals surface area contributed by atoms with E-state index in [0.29, 0.717) is 16.8 Å². The summed E-state index contributed by atoms with van der Waals surface area (Å²) in [6, 6.07) is 18.3. The van der Waals surface area contributed by atoms with Crippen molar-refractivity contribution in [1.29, 1.82) is 0 Å². The highest BCUT2D eigenvalue weighted by Gasteiger charge is 2.32. The molecule has 0 spiro atoms. The van der Waals surface area contributed by atoms with Gasteiger partial charge in [0.15, 0.2) is 5.01 Å². The number of piperidine rings is 1. The van der Waals surface area contributed by atoms with Crippen molar-refractivity contribution < 1.29 is 9.21 Å². The Kier molecular flexibility index (Phi) is 6.80. The molecule has 0 radical (unpaired) electrons. The number of aromatic nitrogens is 5. The maximum atomic E-state index is 13.7. The molecule has 0 atom stereocenters. The van der Waals surface area contributed by atoms with Gasteiger partial charge in [-0.3, -0.25) is 9.69 Å². The van der Waals surface area contributed by atoms with Gasteiger partial charge in [0.2, 0.25) is 11.8 Å². The third-order valence-corrected chi connectivity index (χ3v) is 7.50. The van der Waals surface area contributed by atoms with Crippen LogP contribution < -0.4 is 4.90 Å². The van der Waals surface area contributed by atoms with E-state index < -0.39 is 0 Å². The third kappa shape index (κ3) is 5.13. The molecule has 0 saturated carbocycles. The average Bonchev–Trinajstić information content (AvgIpc) is 3.73. The molecule has 1 saturated heterocycles. The SMILES string of the molecule is Cc1nnc(-c2cccc(-n3cc(N(C(=O)c4nccs4)C4CCN(Cc5ccccc5)CC4)cn3)c2)o1. The van der Waals surface area contributed by atoms with Crippen LogP contribution in [0, 0.1) is 6.92 Å². The minimum atomic E-state index is -0.0869. The number of hydrogen-bond acceptors (Lipinski definition) is 8. The number of rotatable bonds is 7. The molecule has 0 unspecified atom stereocenters. The smallest absolute Gasteiger partial charge is 0.287 e. The van der Waals surface area contributed by atoms with Crippen molar-refractivity contribution in [3.63, 3.8) is 0 Å². The molecule has 1 aliphatic rings. The molecule has 1 amide bonds. The van der Waals surface area contributed by atoms with Crippen molar-refractivity contribution in [2.75, 3.05) is 18.0 Å². The number of hydrogen-bond donors (Lipinski definition) is 0. The maximum absolute atomic E-state index is 13.7. The Labute approximate surface area is 224 Å². The van der Waals surface area contributed by atoms with Gasteiger partial charge in [0, 0.05) is 49.7 Å². The topological polar surface area (TPSA) is 93.2 Å². The fraction of sp³-hybridized carbons (Fsp3) is 0.250. The standard InChI is InChI=1S/C28H27N7O2S/c1-20-31-32-26(37-20)22-8-5-9-24(16-22)34-19-25(17-30-34)35(28(36)27-29-12-15-38-27)23-10-13-33(14-11-23)18-21-6-3-2-4-7-21/h2-9,12,15-17,19,23H,10-11,13-14,18H2,1H3. The van der Waals surface area contributed by atoms with Crippen LogP contribution in [0.5, 0.6) is 0 Å². The molecule has 3 aromatic heterocycles. The molecule has 192 valence electrons. The molecular weight excluding hydrogens is 498 g/mol. The van der Waals surface area contributed by atoms with Gasteiger partial charge in [0.1, 0.15) is 0 Å². The second kappa shape index (κ2) is 10.7. The van der Waals surface area contributed by atoms with Crippen LogP contribution in [0.4, 0.5) is 5.69 Å². The van der Waals surface area contributed by atoms with Crippen LogP contribution in [-0.4, -0.2) is 54.9 Å². The van der Waals surface area contributed by atoms with Crippen molar-refractivity contribution in [3.8, 4) is 17.1 Å². The molecule has 9 nitrogen and oxygen atoms in total. The van der Waals surface area contributed by atoms with E-state index in [-0.39, 0.29) is 11.9 Å². The van der Waals surface area contributed by atoms with E-state index in [4.69, 9.17) is 4.42 Å². The van der Waals surface area contributed by atoms with Crippen molar-refractivity contribution in [1.82, 2.24) is 29.9 Å². The Balaban J connectivity index is 1.24. The summed E-state index contributed by atoms with van der Waals surface area (Å²) in [5.74, 6) is 0.883. The third-order valence-electron chi connectivity index (χ3n) is 6.74. The molecular formula is C28H27N7O2S. The number of carbonyl (C=O) groups is 1. The quantitative estimate of drug-likeness (QED) is 0.295. The number of benzene rings is 2. The fourth-order valence-corrected chi connectivity index (χ4v) is 5.45. The lowest BCUT2D eigenvalue weighted by Crippen LogP contribution is -2.47. The van der Waals surface area contributed by atoms with Crippen LogP contribution in [0.15, 0.2) is 83.0 Å². The van der Waals surface area contributed by atoms with E-state index in [9.17, 15) is 4.79 Å². The van der Waals surface area contributed by atoms with Crippen LogP contribution in [0.2, 0.25) is 0 Å². The number of likely N-dealkylation sites (tertiary alicyclic amines) is 1. The van der Waals surface area contributed by atoms with Crippen LogP contribution >= 0.6 is 11.3 Å². The largest absolute Gasteiger partial charge is 0.421 e. The Morgan fingerprint density at radius 1 is 1.11 bits per heavy atom. The zero-order valence-electron chi connectivity index (χ0n) is 21.0. The van der Waals surface area contributed by atoms with E-state index in [2.05, 4.69) is 49.4 Å². The van der Waals surface area contributed by atoms with E-state index in [1.54, 1.807) is 24.0 Å². The monoisotopic (exact) mass is 525 g/mol. The predicted molar refractivity (Wildman–Crippen MR) is 145 cm³/mol. The first-order chi connectivity index (χ1) is 18.6. The lowest BCUT2D eigenvalue weighted by Gasteiger charge is -2.37. The lowest BCUT2D eigenvalue weighted by atomic mass is 10.0. The van der Waals surface area contributed by atoms with Gasteiger partial charge < -0.3 is 9.32 Å². The summed E-state index contributed by atoms with van der Waals surface area (Å²) in [7, 11) is 0. The van der Waals surface area contributed by atoms with E-state index in [1.807, 2.05) is 46.8 Å². The van der Waals surface area contributed by atoms with Crippen molar-refractivity contribution in [2.45, 2.75) is 32.4 Å². The molecule has 5 aromatic rings. The van der Waals surface area contributed by atoms with Gasteiger partial charge in [0.25, 0.3) is 5.91 Å². The molecule has 0 aliphatic carbocycles. The highest BCUT2D eigenvalue weighted by Crippen LogP contribution is 2.28. The average molecular weight is 526 g/mol. The second-order valence-electron chi connectivity index (χ2n) is 9.32. The molecule has 38 heavy (non-hydrogen) atoms. The molecule has 0 bridgehead atoms.